The zero-order chi connectivity index (χ0) is 11.9. The highest BCUT2D eigenvalue weighted by Gasteiger charge is 2.23. The molecule has 4 nitrogen and oxygen atoms in total. The first-order valence-electron chi connectivity index (χ1n) is 5.52. The third-order valence-electron chi connectivity index (χ3n) is 2.40. The molecular weight excluding hydrogens is 216 g/mol. The first-order valence-corrected chi connectivity index (χ1v) is 7.02. The number of unbranched alkanes of at least 4 members (excludes halogenated alkanes) is 3. The molecule has 0 aliphatic heterocycles. The SMILES string of the molecule is CCCCCCC(CC(C)O)S(=O)(=O)O. The number of hydrogen-bond acceptors (Lipinski definition) is 3. The first-order chi connectivity index (χ1) is 6.88. The highest BCUT2D eigenvalue weighted by molar-refractivity contribution is 7.86. The fourth-order valence-corrected chi connectivity index (χ4v) is 2.55. The summed E-state index contributed by atoms with van der Waals surface area (Å²) < 4.78 is 30.9. The van der Waals surface area contributed by atoms with Gasteiger partial charge in [-0.15, -0.1) is 0 Å². The van der Waals surface area contributed by atoms with E-state index in [4.69, 9.17) is 9.66 Å². The van der Waals surface area contributed by atoms with Crippen LogP contribution in [-0.2, 0) is 10.1 Å². The Kier molecular flexibility index (Phi) is 7.13. The Labute approximate surface area is 92.4 Å². The molecule has 0 radical (unpaired) electrons. The Bertz CT molecular complexity index is 246. The van der Waals surface area contributed by atoms with Crippen LogP contribution in [0, 0.1) is 0 Å². The number of rotatable bonds is 8. The Morgan fingerprint density at radius 3 is 2.20 bits per heavy atom. The predicted octanol–water partition coefficient (Wildman–Crippen LogP) is 1.98. The highest BCUT2D eigenvalue weighted by Crippen LogP contribution is 2.16. The summed E-state index contributed by atoms with van der Waals surface area (Å²) in [6.45, 7) is 3.61. The summed E-state index contributed by atoms with van der Waals surface area (Å²) in [7, 11) is -4.01. The molecule has 2 unspecified atom stereocenters. The van der Waals surface area contributed by atoms with Crippen LogP contribution in [0.25, 0.3) is 0 Å². The molecular formula is C10H22O4S. The average Bonchev–Trinajstić information content (AvgIpc) is 2.08. The molecule has 0 aromatic heterocycles. The highest BCUT2D eigenvalue weighted by atomic mass is 32.2. The van der Waals surface area contributed by atoms with Gasteiger partial charge in [0.25, 0.3) is 10.1 Å². The van der Waals surface area contributed by atoms with Crippen LogP contribution in [0.1, 0.15) is 52.4 Å². The van der Waals surface area contributed by atoms with Crippen LogP contribution in [0.2, 0.25) is 0 Å². The Balaban J connectivity index is 4.04. The number of aliphatic hydroxyl groups excluding tert-OH is 1. The molecule has 0 aliphatic rings. The van der Waals surface area contributed by atoms with Crippen molar-refractivity contribution in [2.75, 3.05) is 0 Å². The van der Waals surface area contributed by atoms with Crippen molar-refractivity contribution in [1.82, 2.24) is 0 Å². The second kappa shape index (κ2) is 7.19. The maximum Gasteiger partial charge on any atom is 0.267 e. The smallest absolute Gasteiger partial charge is 0.267 e. The van der Waals surface area contributed by atoms with Gasteiger partial charge in [-0.1, -0.05) is 32.6 Å². The normalized spacial score (nSPS) is 16.3. The molecule has 0 saturated carbocycles. The third kappa shape index (κ3) is 7.76. The summed E-state index contributed by atoms with van der Waals surface area (Å²) in [4.78, 5) is 0. The van der Waals surface area contributed by atoms with Crippen molar-refractivity contribution >= 4 is 10.1 Å². The van der Waals surface area contributed by atoms with Crippen LogP contribution >= 0.6 is 0 Å². The second-order valence-corrected chi connectivity index (χ2v) is 5.77. The molecule has 0 amide bonds. The van der Waals surface area contributed by atoms with Gasteiger partial charge in [0.1, 0.15) is 0 Å². The van der Waals surface area contributed by atoms with Crippen LogP contribution in [0.15, 0.2) is 0 Å². The Morgan fingerprint density at radius 1 is 1.20 bits per heavy atom. The Hall–Kier alpha value is -0.130. The standard InChI is InChI=1S/C10H22O4S/c1-3-4-5-6-7-10(8-9(2)11)15(12,13)14/h9-11H,3-8H2,1-2H3,(H,12,13,14). The second-order valence-electron chi connectivity index (χ2n) is 4.07. The van der Waals surface area contributed by atoms with Gasteiger partial charge in [0, 0.05) is 0 Å². The molecule has 0 aromatic carbocycles. The van der Waals surface area contributed by atoms with Crippen LogP contribution in [0.5, 0.6) is 0 Å². The minimum Gasteiger partial charge on any atom is -0.393 e. The van der Waals surface area contributed by atoms with Gasteiger partial charge in [-0.25, -0.2) is 0 Å². The van der Waals surface area contributed by atoms with Crippen molar-refractivity contribution in [3.8, 4) is 0 Å². The molecule has 0 heterocycles. The monoisotopic (exact) mass is 238 g/mol. The number of hydrogen-bond donors (Lipinski definition) is 2. The van der Waals surface area contributed by atoms with Crippen molar-refractivity contribution in [2.45, 2.75) is 63.7 Å². The molecule has 2 N–H and O–H groups in total. The van der Waals surface area contributed by atoms with Gasteiger partial charge in [-0.05, 0) is 19.8 Å². The predicted molar refractivity (Wildman–Crippen MR) is 60.4 cm³/mol. The summed E-state index contributed by atoms with van der Waals surface area (Å²) in [5.41, 5.74) is 0. The van der Waals surface area contributed by atoms with Gasteiger partial charge in [-0.2, -0.15) is 8.42 Å². The minimum absolute atomic E-state index is 0.116. The molecule has 5 heteroatoms. The van der Waals surface area contributed by atoms with E-state index < -0.39 is 21.5 Å². The maximum atomic E-state index is 11.0. The fraction of sp³-hybridized carbons (Fsp3) is 1.00. The van der Waals surface area contributed by atoms with Gasteiger partial charge in [0.2, 0.25) is 0 Å². The molecule has 0 aliphatic carbocycles. The summed E-state index contributed by atoms with van der Waals surface area (Å²) >= 11 is 0. The van der Waals surface area contributed by atoms with Crippen LogP contribution < -0.4 is 0 Å². The first kappa shape index (κ1) is 14.9. The molecule has 0 bridgehead atoms. The van der Waals surface area contributed by atoms with Crippen molar-refractivity contribution < 1.29 is 18.1 Å². The maximum absolute atomic E-state index is 11.0. The van der Waals surface area contributed by atoms with E-state index in [1.807, 2.05) is 0 Å². The van der Waals surface area contributed by atoms with Crippen molar-refractivity contribution in [3.63, 3.8) is 0 Å². The van der Waals surface area contributed by atoms with Crippen molar-refractivity contribution in [1.29, 1.82) is 0 Å². The molecule has 0 fully saturated rings. The van der Waals surface area contributed by atoms with E-state index in [1.54, 1.807) is 0 Å². The lowest BCUT2D eigenvalue weighted by atomic mass is 10.1. The largest absolute Gasteiger partial charge is 0.393 e. The molecule has 2 atom stereocenters. The Morgan fingerprint density at radius 2 is 1.80 bits per heavy atom. The van der Waals surface area contributed by atoms with Gasteiger partial charge in [0.15, 0.2) is 0 Å². The van der Waals surface area contributed by atoms with Gasteiger partial charge in [-0.3, -0.25) is 4.55 Å². The average molecular weight is 238 g/mol. The summed E-state index contributed by atoms with van der Waals surface area (Å²) in [5.74, 6) is 0. The van der Waals surface area contributed by atoms with Crippen molar-refractivity contribution in [3.05, 3.63) is 0 Å². The molecule has 0 rings (SSSR count). The minimum atomic E-state index is -4.01. The summed E-state index contributed by atoms with van der Waals surface area (Å²) in [6, 6.07) is 0. The fourth-order valence-electron chi connectivity index (χ4n) is 1.57. The van der Waals surface area contributed by atoms with Crippen LogP contribution in [-0.4, -0.2) is 29.4 Å². The zero-order valence-electron chi connectivity index (χ0n) is 9.52. The van der Waals surface area contributed by atoms with E-state index in [-0.39, 0.29) is 6.42 Å². The van der Waals surface area contributed by atoms with E-state index >= 15 is 0 Å². The van der Waals surface area contributed by atoms with Gasteiger partial charge >= 0.3 is 0 Å². The summed E-state index contributed by atoms with van der Waals surface area (Å²) in [5, 5.41) is 8.30. The summed E-state index contributed by atoms with van der Waals surface area (Å²) in [6.07, 6.45) is 3.78. The topological polar surface area (TPSA) is 74.6 Å². The van der Waals surface area contributed by atoms with E-state index in [1.165, 1.54) is 6.92 Å². The van der Waals surface area contributed by atoms with E-state index in [0.29, 0.717) is 6.42 Å². The lowest BCUT2D eigenvalue weighted by Crippen LogP contribution is -2.24. The van der Waals surface area contributed by atoms with Gasteiger partial charge < -0.3 is 5.11 Å². The molecule has 92 valence electrons. The van der Waals surface area contributed by atoms with Crippen molar-refractivity contribution in [2.24, 2.45) is 0 Å². The van der Waals surface area contributed by atoms with Crippen LogP contribution in [0.4, 0.5) is 0 Å². The van der Waals surface area contributed by atoms with Gasteiger partial charge in [0.05, 0.1) is 11.4 Å². The lowest BCUT2D eigenvalue weighted by molar-refractivity contribution is 0.179. The molecule has 0 spiro atoms. The quantitative estimate of drug-likeness (QED) is 0.501. The zero-order valence-corrected chi connectivity index (χ0v) is 10.3. The van der Waals surface area contributed by atoms with E-state index in [2.05, 4.69) is 6.92 Å². The van der Waals surface area contributed by atoms with E-state index in [9.17, 15) is 8.42 Å². The molecule has 0 saturated heterocycles. The third-order valence-corrected chi connectivity index (χ3v) is 3.68. The molecule has 15 heavy (non-hydrogen) atoms. The lowest BCUT2D eigenvalue weighted by Gasteiger charge is -2.15. The van der Waals surface area contributed by atoms with E-state index in [0.717, 1.165) is 25.7 Å². The van der Waals surface area contributed by atoms with Crippen LogP contribution in [0.3, 0.4) is 0 Å². The molecule has 0 aromatic rings. The number of aliphatic hydroxyl groups is 1.